The van der Waals surface area contributed by atoms with E-state index in [1.165, 1.54) is 10.6 Å². The Labute approximate surface area is 169 Å². The van der Waals surface area contributed by atoms with Gasteiger partial charge in [-0.25, -0.2) is 0 Å². The number of ether oxygens (including phenoxy) is 1. The van der Waals surface area contributed by atoms with Gasteiger partial charge in [-0.3, -0.25) is 4.79 Å². The summed E-state index contributed by atoms with van der Waals surface area (Å²) in [7, 11) is 0. The van der Waals surface area contributed by atoms with E-state index in [1.54, 1.807) is 0 Å². The smallest absolute Gasteiger partial charge is 0.281 e. The van der Waals surface area contributed by atoms with Gasteiger partial charge in [0.05, 0.1) is 11.3 Å². The summed E-state index contributed by atoms with van der Waals surface area (Å²) in [4.78, 5) is 13.3. The molecule has 1 amide bonds. The van der Waals surface area contributed by atoms with Gasteiger partial charge < -0.3 is 4.74 Å². The molecular weight excluding hydrogens is 360 g/mol. The number of carbonyl (C=O) groups excluding carboxylic acids is 1. The Morgan fingerprint density at radius 1 is 1.00 bits per heavy atom. The first kappa shape index (κ1) is 17.4. The molecule has 29 heavy (non-hydrogen) atoms. The van der Waals surface area contributed by atoms with Crippen molar-refractivity contribution in [2.24, 2.45) is 5.10 Å². The van der Waals surface area contributed by atoms with Gasteiger partial charge in [-0.05, 0) is 48.4 Å². The number of benzene rings is 3. The number of para-hydroxylation sites is 1. The van der Waals surface area contributed by atoms with Crippen LogP contribution in [0.2, 0.25) is 0 Å². The second kappa shape index (κ2) is 7.06. The summed E-state index contributed by atoms with van der Waals surface area (Å²) in [6, 6.07) is 25.4. The number of amides is 1. The number of hydrogen-bond donors (Lipinski definition) is 0. The van der Waals surface area contributed by atoms with E-state index < -0.39 is 0 Å². The number of fused-ring (bicyclic) bond motifs is 1. The maximum absolute atomic E-state index is 13.3. The van der Waals surface area contributed by atoms with Crippen LogP contribution in [0.15, 0.2) is 89.5 Å². The highest BCUT2D eigenvalue weighted by Gasteiger charge is 2.32. The number of nitrogens with zero attached hydrogens (tertiary/aromatic N) is 2. The van der Waals surface area contributed by atoms with Gasteiger partial charge >= 0.3 is 0 Å². The van der Waals surface area contributed by atoms with Crippen molar-refractivity contribution < 1.29 is 9.53 Å². The molecule has 0 N–H and O–H groups in total. The SMILES string of the molecule is C[C@H]1Cc2cc(/C=C3\C(=O)N(c4ccccc4)N=C3c3ccccc3)ccc2O1. The highest BCUT2D eigenvalue weighted by atomic mass is 16.5. The Hall–Kier alpha value is -3.66. The van der Waals surface area contributed by atoms with Crippen LogP contribution in [-0.4, -0.2) is 17.7 Å². The van der Waals surface area contributed by atoms with Gasteiger partial charge in [-0.1, -0.05) is 54.6 Å². The van der Waals surface area contributed by atoms with Gasteiger partial charge in [-0.15, -0.1) is 0 Å². The van der Waals surface area contributed by atoms with Crippen LogP contribution >= 0.6 is 0 Å². The Morgan fingerprint density at radius 3 is 2.48 bits per heavy atom. The molecule has 3 aromatic rings. The quantitative estimate of drug-likeness (QED) is 0.610. The van der Waals surface area contributed by atoms with Gasteiger partial charge in [0.15, 0.2) is 0 Å². The molecule has 2 aliphatic heterocycles. The molecule has 142 valence electrons. The van der Waals surface area contributed by atoms with E-state index in [0.717, 1.165) is 29.0 Å². The van der Waals surface area contributed by atoms with E-state index >= 15 is 0 Å². The van der Waals surface area contributed by atoms with Gasteiger partial charge in [0.1, 0.15) is 17.6 Å². The number of rotatable bonds is 3. The fourth-order valence-corrected chi connectivity index (χ4v) is 3.80. The fourth-order valence-electron chi connectivity index (χ4n) is 3.80. The molecule has 0 fully saturated rings. The van der Waals surface area contributed by atoms with E-state index in [-0.39, 0.29) is 12.0 Å². The summed E-state index contributed by atoms with van der Waals surface area (Å²) >= 11 is 0. The maximum Gasteiger partial charge on any atom is 0.281 e. The molecule has 0 radical (unpaired) electrons. The van der Waals surface area contributed by atoms with E-state index in [2.05, 4.69) is 18.1 Å². The molecule has 4 nitrogen and oxygen atoms in total. The van der Waals surface area contributed by atoms with Gasteiger partial charge in [0, 0.05) is 12.0 Å². The first-order valence-corrected chi connectivity index (χ1v) is 9.74. The second-order valence-electron chi connectivity index (χ2n) is 7.32. The minimum atomic E-state index is -0.125. The zero-order chi connectivity index (χ0) is 19.8. The summed E-state index contributed by atoms with van der Waals surface area (Å²) in [6.07, 6.45) is 3.01. The zero-order valence-electron chi connectivity index (χ0n) is 16.1. The topological polar surface area (TPSA) is 41.9 Å². The first-order valence-electron chi connectivity index (χ1n) is 9.74. The lowest BCUT2D eigenvalue weighted by atomic mass is 9.99. The lowest BCUT2D eigenvalue weighted by Gasteiger charge is -2.11. The Kier molecular flexibility index (Phi) is 4.24. The molecular formula is C25H20N2O2. The third-order valence-electron chi connectivity index (χ3n) is 5.16. The van der Waals surface area contributed by atoms with E-state index in [9.17, 15) is 4.79 Å². The molecule has 0 unspecified atom stereocenters. The summed E-state index contributed by atoms with van der Waals surface area (Å²) in [5, 5.41) is 6.16. The van der Waals surface area contributed by atoms with Crippen LogP contribution in [0, 0.1) is 0 Å². The van der Waals surface area contributed by atoms with E-state index in [0.29, 0.717) is 11.3 Å². The molecule has 0 spiro atoms. The summed E-state index contributed by atoms with van der Waals surface area (Å²) in [6.45, 7) is 2.07. The van der Waals surface area contributed by atoms with Crippen LogP contribution in [0.1, 0.15) is 23.6 Å². The average molecular weight is 380 g/mol. The molecule has 2 heterocycles. The third kappa shape index (κ3) is 3.23. The van der Waals surface area contributed by atoms with Crippen molar-refractivity contribution in [3.63, 3.8) is 0 Å². The number of anilines is 1. The van der Waals surface area contributed by atoms with Crippen LogP contribution in [0.25, 0.3) is 6.08 Å². The Morgan fingerprint density at radius 2 is 1.72 bits per heavy atom. The van der Waals surface area contributed by atoms with Crippen molar-refractivity contribution in [3.05, 3.63) is 101 Å². The minimum absolute atomic E-state index is 0.125. The number of hydrogen-bond acceptors (Lipinski definition) is 3. The van der Waals surface area contributed by atoms with Crippen LogP contribution in [0.4, 0.5) is 5.69 Å². The molecule has 0 aliphatic carbocycles. The molecule has 0 saturated heterocycles. The average Bonchev–Trinajstić information content (AvgIpc) is 3.28. The molecule has 0 bridgehead atoms. The fraction of sp³-hybridized carbons (Fsp3) is 0.120. The maximum atomic E-state index is 13.3. The largest absolute Gasteiger partial charge is 0.490 e. The van der Waals surface area contributed by atoms with Crippen molar-refractivity contribution in [3.8, 4) is 5.75 Å². The molecule has 0 aromatic heterocycles. The van der Waals surface area contributed by atoms with Crippen molar-refractivity contribution >= 4 is 23.4 Å². The van der Waals surface area contributed by atoms with Crippen molar-refractivity contribution in [2.45, 2.75) is 19.4 Å². The predicted octanol–water partition coefficient (Wildman–Crippen LogP) is 4.84. The standard InChI is InChI=1S/C25H20N2O2/c1-17-14-20-15-18(12-13-23(20)29-17)16-22-24(19-8-4-2-5-9-19)26-27(25(22)28)21-10-6-3-7-11-21/h2-13,15-17H,14H2,1H3/b22-16-/t17-/m0/s1. The van der Waals surface area contributed by atoms with Crippen molar-refractivity contribution in [1.29, 1.82) is 0 Å². The van der Waals surface area contributed by atoms with E-state index in [1.807, 2.05) is 78.9 Å². The predicted molar refractivity (Wildman–Crippen MR) is 115 cm³/mol. The lowest BCUT2D eigenvalue weighted by molar-refractivity contribution is -0.114. The Bertz CT molecular complexity index is 1130. The molecule has 0 saturated carbocycles. The third-order valence-corrected chi connectivity index (χ3v) is 5.16. The summed E-state index contributed by atoms with van der Waals surface area (Å²) < 4.78 is 5.80. The van der Waals surface area contributed by atoms with Crippen LogP contribution in [0.3, 0.4) is 0 Å². The molecule has 1 atom stereocenters. The normalized spacial score (nSPS) is 19.3. The minimum Gasteiger partial charge on any atom is -0.490 e. The second-order valence-corrected chi connectivity index (χ2v) is 7.32. The van der Waals surface area contributed by atoms with E-state index in [4.69, 9.17) is 4.74 Å². The van der Waals surface area contributed by atoms with Crippen molar-refractivity contribution in [1.82, 2.24) is 0 Å². The summed E-state index contributed by atoms with van der Waals surface area (Å²) in [5.41, 5.74) is 5.10. The zero-order valence-corrected chi connectivity index (χ0v) is 16.1. The highest BCUT2D eigenvalue weighted by molar-refractivity contribution is 6.37. The monoisotopic (exact) mass is 380 g/mol. The van der Waals surface area contributed by atoms with Gasteiger partial charge in [0.2, 0.25) is 0 Å². The molecule has 3 aromatic carbocycles. The Balaban J connectivity index is 1.59. The number of hydrazone groups is 1. The van der Waals surface area contributed by atoms with Gasteiger partial charge in [-0.2, -0.15) is 10.1 Å². The van der Waals surface area contributed by atoms with Gasteiger partial charge in [0.25, 0.3) is 5.91 Å². The molecule has 5 rings (SSSR count). The first-order chi connectivity index (χ1) is 14.2. The highest BCUT2D eigenvalue weighted by Crippen LogP contribution is 2.32. The van der Waals surface area contributed by atoms with Crippen LogP contribution < -0.4 is 9.75 Å². The lowest BCUT2D eigenvalue weighted by Crippen LogP contribution is -2.21. The molecule has 2 aliphatic rings. The summed E-state index contributed by atoms with van der Waals surface area (Å²) in [5.74, 6) is 0.806. The number of carbonyl (C=O) groups is 1. The van der Waals surface area contributed by atoms with Crippen molar-refractivity contribution in [2.75, 3.05) is 5.01 Å². The van der Waals surface area contributed by atoms with Crippen LogP contribution in [-0.2, 0) is 11.2 Å². The molecule has 4 heteroatoms. The van der Waals surface area contributed by atoms with Crippen LogP contribution in [0.5, 0.6) is 5.75 Å².